The van der Waals surface area contributed by atoms with Gasteiger partial charge in [0.15, 0.2) is 0 Å². The van der Waals surface area contributed by atoms with Gasteiger partial charge in [0.2, 0.25) is 0 Å². The Morgan fingerprint density at radius 2 is 1.91 bits per heavy atom. The van der Waals surface area contributed by atoms with Gasteiger partial charge in [-0.15, -0.1) is 12.4 Å². The van der Waals surface area contributed by atoms with Crippen molar-refractivity contribution in [3.05, 3.63) is 53.6 Å². The van der Waals surface area contributed by atoms with Crippen molar-refractivity contribution in [2.45, 2.75) is 12.5 Å². The van der Waals surface area contributed by atoms with Crippen molar-refractivity contribution < 1.29 is 9.53 Å². The minimum atomic E-state index is -0.305. The van der Waals surface area contributed by atoms with E-state index in [2.05, 4.69) is 36.4 Å². The summed E-state index contributed by atoms with van der Waals surface area (Å²) in [6, 6.07) is 14.6. The van der Waals surface area contributed by atoms with Gasteiger partial charge in [0, 0.05) is 12.2 Å². The number of nitrogens with two attached hydrogens (primary N) is 1. The Morgan fingerprint density at radius 3 is 2.68 bits per heavy atom. The first-order chi connectivity index (χ1) is 10.3. The zero-order chi connectivity index (χ0) is 14.4. The maximum absolute atomic E-state index is 11.9. The Kier molecular flexibility index (Phi) is 3.81. The highest BCUT2D eigenvalue weighted by atomic mass is 35.5. The molecule has 4 nitrogen and oxygen atoms in total. The number of ether oxygens (including phenoxy) is 1. The van der Waals surface area contributed by atoms with Crippen LogP contribution in [0.3, 0.4) is 0 Å². The number of hydrogen-bond acceptors (Lipinski definition) is 3. The first-order valence-electron chi connectivity index (χ1n) is 7.15. The maximum atomic E-state index is 11.9. The number of anilines is 1. The first kappa shape index (κ1) is 14.9. The summed E-state index contributed by atoms with van der Waals surface area (Å²) < 4.78 is 5.22. The van der Waals surface area contributed by atoms with Crippen molar-refractivity contribution in [2.24, 2.45) is 5.73 Å². The highest BCUT2D eigenvalue weighted by Gasteiger charge is 2.32. The summed E-state index contributed by atoms with van der Waals surface area (Å²) in [5.74, 6) is 0. The lowest BCUT2D eigenvalue weighted by molar-refractivity contribution is 0.145. The highest BCUT2D eigenvalue weighted by Crippen LogP contribution is 2.38. The molecule has 0 unspecified atom stereocenters. The second-order valence-electron chi connectivity index (χ2n) is 5.53. The van der Waals surface area contributed by atoms with Gasteiger partial charge in [-0.3, -0.25) is 4.90 Å². The molecule has 2 aromatic carbocycles. The predicted molar refractivity (Wildman–Crippen MR) is 88.6 cm³/mol. The fourth-order valence-corrected chi connectivity index (χ4v) is 3.15. The van der Waals surface area contributed by atoms with Crippen LogP contribution in [0.1, 0.15) is 11.1 Å². The molecule has 2 aliphatic rings. The number of amides is 1. The molecule has 22 heavy (non-hydrogen) atoms. The second kappa shape index (κ2) is 5.63. The molecule has 4 rings (SSSR count). The van der Waals surface area contributed by atoms with Crippen LogP contribution in [0, 0.1) is 0 Å². The molecule has 0 radical (unpaired) electrons. The lowest BCUT2D eigenvalue weighted by Gasteiger charge is -2.14. The van der Waals surface area contributed by atoms with Crippen molar-refractivity contribution in [3.8, 4) is 11.1 Å². The van der Waals surface area contributed by atoms with Crippen LogP contribution in [0.4, 0.5) is 10.5 Å². The molecular weight excluding hydrogens is 300 g/mol. The Labute approximate surface area is 135 Å². The number of benzene rings is 2. The van der Waals surface area contributed by atoms with Crippen LogP contribution in [0.2, 0.25) is 0 Å². The minimum Gasteiger partial charge on any atom is -0.443 e. The van der Waals surface area contributed by atoms with Crippen molar-refractivity contribution in [2.75, 3.05) is 18.0 Å². The number of halogens is 1. The van der Waals surface area contributed by atoms with Gasteiger partial charge in [-0.25, -0.2) is 4.79 Å². The Hall–Kier alpha value is -2.04. The average Bonchev–Trinajstić information content (AvgIpc) is 3.06. The Bertz CT molecular complexity index is 732. The first-order valence-corrected chi connectivity index (χ1v) is 7.15. The molecule has 1 heterocycles. The summed E-state index contributed by atoms with van der Waals surface area (Å²) in [5, 5.41) is 0. The quantitative estimate of drug-likeness (QED) is 0.791. The molecule has 5 heteroatoms. The van der Waals surface area contributed by atoms with E-state index in [9.17, 15) is 4.79 Å². The lowest BCUT2D eigenvalue weighted by atomic mass is 10.1. The monoisotopic (exact) mass is 316 g/mol. The summed E-state index contributed by atoms with van der Waals surface area (Å²) in [5.41, 5.74) is 11.6. The number of rotatable bonds is 2. The normalized spacial score (nSPS) is 18.5. The van der Waals surface area contributed by atoms with Gasteiger partial charge >= 0.3 is 6.09 Å². The molecule has 2 aromatic rings. The number of cyclic esters (lactones) is 1. The summed E-state index contributed by atoms with van der Waals surface area (Å²) in [7, 11) is 0. The van der Waals surface area contributed by atoms with Crippen molar-refractivity contribution in [1.29, 1.82) is 0 Å². The number of hydrogen-bond donors (Lipinski definition) is 1. The van der Waals surface area contributed by atoms with Gasteiger partial charge in [-0.05, 0) is 40.8 Å². The summed E-state index contributed by atoms with van der Waals surface area (Å²) in [6.45, 7) is 0.889. The third-order valence-electron chi connectivity index (χ3n) is 4.23. The third kappa shape index (κ3) is 2.25. The van der Waals surface area contributed by atoms with E-state index in [-0.39, 0.29) is 24.6 Å². The van der Waals surface area contributed by atoms with Crippen LogP contribution in [0.15, 0.2) is 42.5 Å². The van der Waals surface area contributed by atoms with E-state index >= 15 is 0 Å². The number of carbonyl (C=O) groups is 1. The molecule has 114 valence electrons. The van der Waals surface area contributed by atoms with Gasteiger partial charge in [-0.1, -0.05) is 30.3 Å². The van der Waals surface area contributed by atoms with E-state index in [0.29, 0.717) is 13.1 Å². The highest BCUT2D eigenvalue weighted by molar-refractivity contribution is 5.91. The lowest BCUT2D eigenvalue weighted by Crippen LogP contribution is -2.27. The van der Waals surface area contributed by atoms with E-state index in [0.717, 1.165) is 12.1 Å². The average molecular weight is 317 g/mol. The van der Waals surface area contributed by atoms with Crippen LogP contribution in [-0.2, 0) is 11.2 Å². The molecule has 1 aliphatic carbocycles. The van der Waals surface area contributed by atoms with Crippen LogP contribution < -0.4 is 10.6 Å². The number of fused-ring (bicyclic) bond motifs is 3. The zero-order valence-electron chi connectivity index (χ0n) is 12.0. The van der Waals surface area contributed by atoms with E-state index in [4.69, 9.17) is 10.5 Å². The molecule has 0 aromatic heterocycles. The van der Waals surface area contributed by atoms with Crippen LogP contribution in [0.5, 0.6) is 0 Å². The SMILES string of the molecule is Cl.NC[C@H]1CN(c2ccc3c(c2)Cc2ccccc2-3)C(=O)O1. The Morgan fingerprint density at radius 1 is 1.14 bits per heavy atom. The van der Waals surface area contributed by atoms with E-state index in [1.807, 2.05) is 6.07 Å². The van der Waals surface area contributed by atoms with Crippen molar-refractivity contribution in [3.63, 3.8) is 0 Å². The molecule has 1 fully saturated rings. The smallest absolute Gasteiger partial charge is 0.414 e. The van der Waals surface area contributed by atoms with Gasteiger partial charge in [0.05, 0.1) is 6.54 Å². The van der Waals surface area contributed by atoms with Crippen LogP contribution in [0.25, 0.3) is 11.1 Å². The van der Waals surface area contributed by atoms with Crippen LogP contribution >= 0.6 is 12.4 Å². The van der Waals surface area contributed by atoms with E-state index in [1.54, 1.807) is 4.90 Å². The van der Waals surface area contributed by atoms with E-state index in [1.165, 1.54) is 22.3 Å². The third-order valence-corrected chi connectivity index (χ3v) is 4.23. The maximum Gasteiger partial charge on any atom is 0.414 e. The molecular formula is C17H17ClN2O2. The van der Waals surface area contributed by atoms with Gasteiger partial charge in [-0.2, -0.15) is 0 Å². The molecule has 0 bridgehead atoms. The summed E-state index contributed by atoms with van der Waals surface area (Å²) in [6.07, 6.45) is 0.409. The number of carbonyl (C=O) groups excluding carboxylic acids is 1. The number of nitrogens with zero attached hydrogens (tertiary/aromatic N) is 1. The predicted octanol–water partition coefficient (Wildman–Crippen LogP) is 2.96. The van der Waals surface area contributed by atoms with Crippen LogP contribution in [-0.4, -0.2) is 25.3 Å². The molecule has 0 spiro atoms. The largest absolute Gasteiger partial charge is 0.443 e. The topological polar surface area (TPSA) is 55.6 Å². The fourth-order valence-electron chi connectivity index (χ4n) is 3.15. The zero-order valence-corrected chi connectivity index (χ0v) is 12.8. The Balaban J connectivity index is 0.00000144. The summed E-state index contributed by atoms with van der Waals surface area (Å²) in [4.78, 5) is 13.6. The van der Waals surface area contributed by atoms with Gasteiger partial charge < -0.3 is 10.5 Å². The molecule has 0 saturated carbocycles. The minimum absolute atomic E-state index is 0. The fraction of sp³-hybridized carbons (Fsp3) is 0.235. The second-order valence-corrected chi connectivity index (χ2v) is 5.53. The van der Waals surface area contributed by atoms with Crippen molar-refractivity contribution in [1.82, 2.24) is 0 Å². The van der Waals surface area contributed by atoms with Crippen molar-refractivity contribution >= 4 is 24.2 Å². The molecule has 1 saturated heterocycles. The summed E-state index contributed by atoms with van der Waals surface area (Å²) >= 11 is 0. The molecule has 1 atom stereocenters. The molecule has 2 N–H and O–H groups in total. The van der Waals surface area contributed by atoms with Gasteiger partial charge in [0.1, 0.15) is 6.10 Å². The van der Waals surface area contributed by atoms with E-state index < -0.39 is 0 Å². The van der Waals surface area contributed by atoms with Gasteiger partial charge in [0.25, 0.3) is 0 Å². The standard InChI is InChI=1S/C17H16N2O2.ClH/c18-9-14-10-19(17(20)21-14)13-5-6-16-12(8-13)7-11-3-1-2-4-15(11)16;/h1-6,8,14H,7,9-10,18H2;1H/t14-;/m0./s1. The molecule has 1 amide bonds. The molecule has 1 aliphatic heterocycles.